The monoisotopic (exact) mass is 288 g/mol. The average molecular weight is 288 g/mol. The molecule has 2 fully saturated rings. The highest BCUT2D eigenvalue weighted by atomic mass is 32.2. The molecule has 0 radical (unpaired) electrons. The van der Waals surface area contributed by atoms with Gasteiger partial charge in [0.25, 0.3) is 0 Å². The molecule has 0 aromatic carbocycles. The molecule has 0 spiro atoms. The zero-order valence-corrected chi connectivity index (χ0v) is 12.3. The van der Waals surface area contributed by atoms with E-state index in [0.29, 0.717) is 12.5 Å². The quantitative estimate of drug-likeness (QED) is 0.788. The first-order valence-corrected chi connectivity index (χ1v) is 9.01. The Labute approximate surface area is 115 Å². The smallest absolute Gasteiger partial charge is 0.221 e. The molecule has 110 valence electrons. The first-order chi connectivity index (χ1) is 8.96. The molecule has 1 saturated heterocycles. The van der Waals surface area contributed by atoms with Gasteiger partial charge in [0.1, 0.15) is 0 Å². The Hall–Kier alpha value is -0.620. The Balaban J connectivity index is 1.77. The molecule has 1 unspecified atom stereocenters. The Morgan fingerprint density at radius 3 is 2.68 bits per heavy atom. The van der Waals surface area contributed by atoms with Gasteiger partial charge >= 0.3 is 0 Å². The number of hydrogen-bond donors (Lipinski definition) is 2. The van der Waals surface area contributed by atoms with Gasteiger partial charge in [0.2, 0.25) is 5.91 Å². The van der Waals surface area contributed by atoms with E-state index in [1.807, 2.05) is 0 Å². The third-order valence-corrected chi connectivity index (χ3v) is 5.96. The molecular weight excluding hydrogens is 264 g/mol. The van der Waals surface area contributed by atoms with Crippen LogP contribution in [0.2, 0.25) is 0 Å². The zero-order valence-electron chi connectivity index (χ0n) is 11.5. The van der Waals surface area contributed by atoms with Gasteiger partial charge in [-0.05, 0) is 25.7 Å². The molecule has 0 aromatic heterocycles. The molecule has 0 bridgehead atoms. The van der Waals surface area contributed by atoms with Crippen molar-refractivity contribution < 1.29 is 13.2 Å². The maximum absolute atomic E-state index is 11.9. The van der Waals surface area contributed by atoms with Crippen LogP contribution >= 0.6 is 0 Å². The van der Waals surface area contributed by atoms with Crippen LogP contribution in [0.3, 0.4) is 0 Å². The molecule has 2 N–H and O–H groups in total. The van der Waals surface area contributed by atoms with Crippen molar-refractivity contribution in [2.45, 2.75) is 51.1 Å². The molecule has 19 heavy (non-hydrogen) atoms. The topological polar surface area (TPSA) is 75.3 Å². The minimum Gasteiger partial charge on any atom is -0.353 e. The van der Waals surface area contributed by atoms with Crippen LogP contribution in [0.1, 0.15) is 39.0 Å². The molecule has 2 aliphatic rings. The standard InChI is InChI=1S/C13H24N2O3S/c1-10(11-4-2-3-5-11)15-13(16)8-12-9-19(17,18)7-6-14-12/h10-12,14H,2-9H2,1H3,(H,15,16)/t10-,12?/m0/s1. The highest BCUT2D eigenvalue weighted by molar-refractivity contribution is 7.91. The lowest BCUT2D eigenvalue weighted by molar-refractivity contribution is -0.122. The van der Waals surface area contributed by atoms with Crippen LogP contribution in [0.4, 0.5) is 0 Å². The van der Waals surface area contributed by atoms with E-state index in [1.165, 1.54) is 25.7 Å². The van der Waals surface area contributed by atoms with Gasteiger partial charge in [-0.25, -0.2) is 8.42 Å². The van der Waals surface area contributed by atoms with Crippen molar-refractivity contribution in [2.24, 2.45) is 5.92 Å². The lowest BCUT2D eigenvalue weighted by atomic mass is 9.99. The average Bonchev–Trinajstić information content (AvgIpc) is 2.80. The van der Waals surface area contributed by atoms with Gasteiger partial charge in [-0.2, -0.15) is 0 Å². The summed E-state index contributed by atoms with van der Waals surface area (Å²) in [5, 5.41) is 6.13. The Bertz CT molecular complexity index is 416. The number of carbonyl (C=O) groups is 1. The molecule has 1 heterocycles. The van der Waals surface area contributed by atoms with Crippen molar-refractivity contribution in [3.8, 4) is 0 Å². The van der Waals surface area contributed by atoms with E-state index in [-0.39, 0.29) is 35.9 Å². The fourth-order valence-electron chi connectivity index (χ4n) is 3.11. The van der Waals surface area contributed by atoms with E-state index >= 15 is 0 Å². The van der Waals surface area contributed by atoms with E-state index in [0.717, 1.165) is 0 Å². The SMILES string of the molecule is C[C@H](NC(=O)CC1CS(=O)(=O)CCN1)C1CCCC1. The van der Waals surface area contributed by atoms with E-state index in [9.17, 15) is 13.2 Å². The van der Waals surface area contributed by atoms with Gasteiger partial charge in [-0.15, -0.1) is 0 Å². The predicted octanol–water partition coefficient (Wildman–Crippen LogP) is 0.458. The number of hydrogen-bond acceptors (Lipinski definition) is 4. The molecule has 2 atom stereocenters. The maximum atomic E-state index is 11.9. The maximum Gasteiger partial charge on any atom is 0.221 e. The van der Waals surface area contributed by atoms with Crippen molar-refractivity contribution in [2.75, 3.05) is 18.1 Å². The first-order valence-electron chi connectivity index (χ1n) is 7.19. The summed E-state index contributed by atoms with van der Waals surface area (Å²) in [6, 6.07) is -0.0234. The zero-order chi connectivity index (χ0) is 13.9. The van der Waals surface area contributed by atoms with Crippen molar-refractivity contribution in [1.82, 2.24) is 10.6 Å². The third-order valence-electron chi connectivity index (χ3n) is 4.23. The van der Waals surface area contributed by atoms with Gasteiger partial charge in [0.15, 0.2) is 9.84 Å². The van der Waals surface area contributed by atoms with Crippen LogP contribution in [-0.4, -0.2) is 44.5 Å². The van der Waals surface area contributed by atoms with Gasteiger partial charge in [0.05, 0.1) is 11.5 Å². The molecule has 0 aromatic rings. The second-order valence-corrected chi connectivity index (χ2v) is 8.10. The largest absolute Gasteiger partial charge is 0.353 e. The molecule has 1 aliphatic carbocycles. The van der Waals surface area contributed by atoms with Gasteiger partial charge in [-0.1, -0.05) is 12.8 Å². The van der Waals surface area contributed by atoms with Crippen LogP contribution in [0, 0.1) is 5.92 Å². The summed E-state index contributed by atoms with van der Waals surface area (Å²) in [6.07, 6.45) is 5.16. The molecule has 5 nitrogen and oxygen atoms in total. The lowest BCUT2D eigenvalue weighted by Gasteiger charge is -2.25. The van der Waals surface area contributed by atoms with Gasteiger partial charge in [-0.3, -0.25) is 4.79 Å². The summed E-state index contributed by atoms with van der Waals surface area (Å²) in [6.45, 7) is 2.51. The summed E-state index contributed by atoms with van der Waals surface area (Å²) in [7, 11) is -2.96. The number of amides is 1. The number of carbonyl (C=O) groups excluding carboxylic acids is 1. The highest BCUT2D eigenvalue weighted by Crippen LogP contribution is 2.27. The van der Waals surface area contributed by atoms with Gasteiger partial charge < -0.3 is 10.6 Å². The Kier molecular flexibility index (Phi) is 4.84. The molecule has 6 heteroatoms. The van der Waals surface area contributed by atoms with E-state index < -0.39 is 9.84 Å². The van der Waals surface area contributed by atoms with Crippen molar-refractivity contribution >= 4 is 15.7 Å². The van der Waals surface area contributed by atoms with Crippen molar-refractivity contribution in [3.63, 3.8) is 0 Å². The second kappa shape index (κ2) is 6.22. The highest BCUT2D eigenvalue weighted by Gasteiger charge is 2.27. The van der Waals surface area contributed by atoms with Crippen molar-refractivity contribution in [3.05, 3.63) is 0 Å². The van der Waals surface area contributed by atoms with E-state index in [2.05, 4.69) is 17.6 Å². The summed E-state index contributed by atoms with van der Waals surface area (Å²) >= 11 is 0. The molecule has 1 aliphatic heterocycles. The van der Waals surface area contributed by atoms with E-state index in [1.54, 1.807) is 0 Å². The number of sulfone groups is 1. The predicted molar refractivity (Wildman–Crippen MR) is 74.6 cm³/mol. The summed E-state index contributed by atoms with van der Waals surface area (Å²) in [4.78, 5) is 11.9. The second-order valence-electron chi connectivity index (χ2n) is 5.87. The van der Waals surface area contributed by atoms with Crippen LogP contribution in [-0.2, 0) is 14.6 Å². The minimum atomic E-state index is -2.96. The molecule has 1 amide bonds. The molecule has 1 saturated carbocycles. The van der Waals surface area contributed by atoms with Crippen LogP contribution < -0.4 is 10.6 Å². The Morgan fingerprint density at radius 1 is 1.37 bits per heavy atom. The summed E-state index contributed by atoms with van der Waals surface area (Å²) < 4.78 is 23.0. The molecular formula is C13H24N2O3S. The van der Waals surface area contributed by atoms with Crippen LogP contribution in [0.25, 0.3) is 0 Å². The fourth-order valence-corrected chi connectivity index (χ4v) is 4.55. The van der Waals surface area contributed by atoms with Gasteiger partial charge in [0, 0.05) is 25.0 Å². The normalized spacial score (nSPS) is 29.0. The Morgan fingerprint density at radius 2 is 2.05 bits per heavy atom. The fraction of sp³-hybridized carbons (Fsp3) is 0.923. The number of rotatable bonds is 4. The van der Waals surface area contributed by atoms with Crippen LogP contribution in [0.5, 0.6) is 0 Å². The first kappa shape index (κ1) is 14.8. The molecule has 2 rings (SSSR count). The van der Waals surface area contributed by atoms with E-state index in [4.69, 9.17) is 0 Å². The lowest BCUT2D eigenvalue weighted by Crippen LogP contribution is -2.48. The third kappa shape index (κ3) is 4.45. The summed E-state index contributed by atoms with van der Waals surface area (Å²) in [5.74, 6) is 0.822. The summed E-state index contributed by atoms with van der Waals surface area (Å²) in [5.41, 5.74) is 0. The number of nitrogens with one attached hydrogen (secondary N) is 2. The minimum absolute atomic E-state index is 0.0333. The van der Waals surface area contributed by atoms with Crippen LogP contribution in [0.15, 0.2) is 0 Å². The van der Waals surface area contributed by atoms with Crippen molar-refractivity contribution in [1.29, 1.82) is 0 Å².